The predicted octanol–water partition coefficient (Wildman–Crippen LogP) is 2.65. The zero-order valence-corrected chi connectivity index (χ0v) is 11.2. The van der Waals surface area contributed by atoms with Crippen LogP contribution >= 0.6 is 23.4 Å². The summed E-state index contributed by atoms with van der Waals surface area (Å²) in [6, 6.07) is 3.66. The first-order valence-corrected chi connectivity index (χ1v) is 6.47. The maximum absolute atomic E-state index is 6.17. The third-order valence-corrected chi connectivity index (χ3v) is 3.93. The van der Waals surface area contributed by atoms with Crippen LogP contribution in [0.2, 0.25) is 5.02 Å². The number of pyridine rings is 1. The van der Waals surface area contributed by atoms with E-state index in [1.54, 1.807) is 22.6 Å². The lowest BCUT2D eigenvalue weighted by molar-refractivity contribution is 0.727. The summed E-state index contributed by atoms with van der Waals surface area (Å²) in [6.45, 7) is 1.89. The van der Waals surface area contributed by atoms with E-state index in [1.165, 1.54) is 0 Å². The molecule has 0 aliphatic carbocycles. The Morgan fingerprint density at radius 1 is 1.53 bits per heavy atom. The van der Waals surface area contributed by atoms with Gasteiger partial charge in [-0.05, 0) is 19.1 Å². The van der Waals surface area contributed by atoms with Crippen LogP contribution in [0.4, 0.5) is 5.69 Å². The fourth-order valence-electron chi connectivity index (χ4n) is 1.50. The molecule has 0 fully saturated rings. The molecule has 2 N–H and O–H groups in total. The first kappa shape index (κ1) is 12.3. The van der Waals surface area contributed by atoms with Crippen molar-refractivity contribution in [3.05, 3.63) is 34.7 Å². The number of aromatic nitrogens is 3. The lowest BCUT2D eigenvalue weighted by Gasteiger charge is -2.04. The molecule has 4 nitrogen and oxygen atoms in total. The monoisotopic (exact) mass is 268 g/mol. The minimum Gasteiger partial charge on any atom is -0.397 e. The van der Waals surface area contributed by atoms with Crippen LogP contribution < -0.4 is 5.73 Å². The second kappa shape index (κ2) is 4.98. The van der Waals surface area contributed by atoms with Gasteiger partial charge in [0.2, 0.25) is 0 Å². The fraction of sp³-hybridized carbons (Fsp3) is 0.273. The van der Waals surface area contributed by atoms with Crippen molar-refractivity contribution in [2.24, 2.45) is 7.05 Å². The molecule has 0 amide bonds. The zero-order valence-electron chi connectivity index (χ0n) is 9.64. The third kappa shape index (κ3) is 2.56. The van der Waals surface area contributed by atoms with E-state index in [9.17, 15) is 0 Å². The first-order valence-electron chi connectivity index (χ1n) is 5.11. The van der Waals surface area contributed by atoms with Crippen molar-refractivity contribution in [2.75, 3.05) is 5.73 Å². The van der Waals surface area contributed by atoms with Gasteiger partial charge in [-0.15, -0.1) is 0 Å². The van der Waals surface area contributed by atoms with Crippen LogP contribution in [0, 0.1) is 6.92 Å². The highest BCUT2D eigenvalue weighted by Crippen LogP contribution is 2.29. The van der Waals surface area contributed by atoms with Gasteiger partial charge in [-0.3, -0.25) is 4.68 Å². The number of anilines is 1. The van der Waals surface area contributed by atoms with Gasteiger partial charge in [-0.2, -0.15) is 5.10 Å². The van der Waals surface area contributed by atoms with Gasteiger partial charge in [-0.1, -0.05) is 23.4 Å². The molecule has 0 saturated heterocycles. The van der Waals surface area contributed by atoms with Crippen molar-refractivity contribution >= 4 is 29.1 Å². The molecule has 0 aliphatic rings. The van der Waals surface area contributed by atoms with Gasteiger partial charge < -0.3 is 5.73 Å². The summed E-state index contributed by atoms with van der Waals surface area (Å²) in [6.07, 6.45) is 1.73. The maximum Gasteiger partial charge on any atom is 0.119 e. The standard InChI is InChI=1S/C11H13ClN4S/c1-7-10(12)9(16(2)15-7)6-17-11-8(13)4-3-5-14-11/h3-5H,6,13H2,1-2H3. The molecule has 0 aromatic carbocycles. The molecule has 2 rings (SSSR count). The highest BCUT2D eigenvalue weighted by atomic mass is 35.5. The Morgan fingerprint density at radius 2 is 2.29 bits per heavy atom. The molecule has 0 bridgehead atoms. The van der Waals surface area contributed by atoms with E-state index in [0.29, 0.717) is 11.4 Å². The molecule has 17 heavy (non-hydrogen) atoms. The Morgan fingerprint density at radius 3 is 2.88 bits per heavy atom. The van der Waals surface area contributed by atoms with Crippen molar-refractivity contribution in [1.82, 2.24) is 14.8 Å². The zero-order chi connectivity index (χ0) is 12.4. The SMILES string of the molecule is Cc1nn(C)c(CSc2ncccc2N)c1Cl. The average molecular weight is 269 g/mol. The molecule has 0 saturated carbocycles. The third-order valence-electron chi connectivity index (χ3n) is 2.41. The van der Waals surface area contributed by atoms with Gasteiger partial charge in [0, 0.05) is 19.0 Å². The van der Waals surface area contributed by atoms with E-state index in [4.69, 9.17) is 17.3 Å². The van der Waals surface area contributed by atoms with Crippen LogP contribution in [0.5, 0.6) is 0 Å². The second-order valence-corrected chi connectivity index (χ2v) is 5.00. The summed E-state index contributed by atoms with van der Waals surface area (Å²) in [5, 5.41) is 5.80. The van der Waals surface area contributed by atoms with Crippen molar-refractivity contribution < 1.29 is 0 Å². The Hall–Kier alpha value is -1.20. The molecule has 0 atom stereocenters. The van der Waals surface area contributed by atoms with Crippen LogP contribution in [-0.4, -0.2) is 14.8 Å². The van der Waals surface area contributed by atoms with E-state index < -0.39 is 0 Å². The number of aryl methyl sites for hydroxylation is 2. The number of rotatable bonds is 3. The number of nitrogens with zero attached hydrogens (tertiary/aromatic N) is 3. The number of hydrogen-bond donors (Lipinski definition) is 1. The van der Waals surface area contributed by atoms with E-state index in [-0.39, 0.29) is 0 Å². The van der Waals surface area contributed by atoms with Gasteiger partial charge in [-0.25, -0.2) is 4.98 Å². The Kier molecular flexibility index (Phi) is 3.59. The van der Waals surface area contributed by atoms with Gasteiger partial charge >= 0.3 is 0 Å². The average Bonchev–Trinajstić information content (AvgIpc) is 2.53. The van der Waals surface area contributed by atoms with E-state index in [1.807, 2.05) is 26.1 Å². The molecule has 2 heterocycles. The van der Waals surface area contributed by atoms with Gasteiger partial charge in [0.15, 0.2) is 0 Å². The largest absolute Gasteiger partial charge is 0.397 e. The van der Waals surface area contributed by atoms with Crippen molar-refractivity contribution in [3.63, 3.8) is 0 Å². The lowest BCUT2D eigenvalue weighted by Crippen LogP contribution is -1.98. The minimum atomic E-state index is 0.688. The number of thioether (sulfide) groups is 1. The number of halogens is 1. The van der Waals surface area contributed by atoms with Crippen LogP contribution in [0.3, 0.4) is 0 Å². The summed E-state index contributed by atoms with van der Waals surface area (Å²) >= 11 is 7.73. The number of hydrogen-bond acceptors (Lipinski definition) is 4. The van der Waals surface area contributed by atoms with Crippen LogP contribution in [0.15, 0.2) is 23.4 Å². The van der Waals surface area contributed by atoms with E-state index >= 15 is 0 Å². The highest BCUT2D eigenvalue weighted by Gasteiger charge is 2.12. The van der Waals surface area contributed by atoms with Crippen molar-refractivity contribution in [1.29, 1.82) is 0 Å². The van der Waals surface area contributed by atoms with Crippen molar-refractivity contribution in [2.45, 2.75) is 17.7 Å². The van der Waals surface area contributed by atoms with Gasteiger partial charge in [0.05, 0.1) is 22.1 Å². The van der Waals surface area contributed by atoms with E-state index in [0.717, 1.165) is 21.4 Å². The Labute approximate surface area is 109 Å². The molecule has 2 aromatic rings. The van der Waals surface area contributed by atoms with Crippen LogP contribution in [-0.2, 0) is 12.8 Å². The molecular formula is C11H13ClN4S. The van der Waals surface area contributed by atoms with Crippen molar-refractivity contribution in [3.8, 4) is 0 Å². The highest BCUT2D eigenvalue weighted by molar-refractivity contribution is 7.98. The number of nitrogen functional groups attached to an aromatic ring is 1. The van der Waals surface area contributed by atoms with E-state index in [2.05, 4.69) is 10.1 Å². The molecule has 90 valence electrons. The topological polar surface area (TPSA) is 56.7 Å². The number of nitrogens with two attached hydrogens (primary N) is 1. The van der Waals surface area contributed by atoms with Gasteiger partial charge in [0.1, 0.15) is 5.03 Å². The smallest absolute Gasteiger partial charge is 0.119 e. The van der Waals surface area contributed by atoms with Gasteiger partial charge in [0.25, 0.3) is 0 Å². The normalized spacial score (nSPS) is 10.8. The fourth-order valence-corrected chi connectivity index (χ4v) is 2.78. The lowest BCUT2D eigenvalue weighted by atomic mass is 10.4. The minimum absolute atomic E-state index is 0.688. The molecule has 2 aromatic heterocycles. The summed E-state index contributed by atoms with van der Waals surface area (Å²) in [7, 11) is 1.89. The first-order chi connectivity index (χ1) is 8.09. The molecule has 6 heteroatoms. The maximum atomic E-state index is 6.17. The molecule has 0 unspecified atom stereocenters. The summed E-state index contributed by atoms with van der Waals surface area (Å²) in [5.74, 6) is 0.706. The van der Waals surface area contributed by atoms with Crippen LogP contribution in [0.1, 0.15) is 11.4 Å². The summed E-state index contributed by atoms with van der Waals surface area (Å²) in [5.41, 5.74) is 8.35. The molecule has 0 radical (unpaired) electrons. The summed E-state index contributed by atoms with van der Waals surface area (Å²) < 4.78 is 1.80. The molecule has 0 aliphatic heterocycles. The van der Waals surface area contributed by atoms with Crippen LogP contribution in [0.25, 0.3) is 0 Å². The molecule has 0 spiro atoms. The Bertz CT molecular complexity index is 538. The predicted molar refractivity (Wildman–Crippen MR) is 71.2 cm³/mol. The summed E-state index contributed by atoms with van der Waals surface area (Å²) in [4.78, 5) is 4.22. The second-order valence-electron chi connectivity index (χ2n) is 3.66. The molecular weight excluding hydrogens is 256 g/mol. The quantitative estimate of drug-likeness (QED) is 0.870. The Balaban J connectivity index is 2.15.